The summed E-state index contributed by atoms with van der Waals surface area (Å²) in [6.45, 7) is 0.699. The quantitative estimate of drug-likeness (QED) is 0.260. The van der Waals surface area contributed by atoms with E-state index in [1.54, 1.807) is 13.2 Å². The smallest absolute Gasteiger partial charge is 0.321 e. The van der Waals surface area contributed by atoms with Gasteiger partial charge >= 0.3 is 6.72 Å². The van der Waals surface area contributed by atoms with E-state index in [4.69, 9.17) is 19.0 Å². The van der Waals surface area contributed by atoms with Gasteiger partial charge in [0.1, 0.15) is 12.4 Å². The summed E-state index contributed by atoms with van der Waals surface area (Å²) in [5.74, 6) is 0.208. The van der Waals surface area contributed by atoms with E-state index in [2.05, 4.69) is 41.1 Å². The summed E-state index contributed by atoms with van der Waals surface area (Å²) in [6, 6.07) is 0. The van der Waals surface area contributed by atoms with Crippen molar-refractivity contribution in [2.24, 2.45) is 4.99 Å². The Morgan fingerprint density at radius 2 is 2.19 bits per heavy atom. The van der Waals surface area contributed by atoms with Gasteiger partial charge < -0.3 is 19.0 Å². The number of rotatable bonds is 8. The minimum atomic E-state index is -3.68. The zero-order valence-electron chi connectivity index (χ0n) is 15.2. The summed E-state index contributed by atoms with van der Waals surface area (Å²) in [6.07, 6.45) is 7.02. The molecular weight excluding hydrogens is 379 g/mol. The molecular formula is C15H27N4O5PS. The molecule has 0 bridgehead atoms. The molecule has 0 saturated carbocycles. The third-order valence-corrected chi connectivity index (χ3v) is 4.41. The SMILES string of the molecule is CCCC.CN=CNn1c(C2CCC(COP(O)(O)=S)O2)cnc1C=O. The summed E-state index contributed by atoms with van der Waals surface area (Å²) in [4.78, 5) is 36.9. The highest BCUT2D eigenvalue weighted by molar-refractivity contribution is 8.06. The highest BCUT2D eigenvalue weighted by Gasteiger charge is 2.31. The largest absolute Gasteiger partial charge is 0.366 e. The van der Waals surface area contributed by atoms with E-state index >= 15 is 0 Å². The molecule has 0 amide bonds. The lowest BCUT2D eigenvalue weighted by Crippen LogP contribution is -2.21. The monoisotopic (exact) mass is 406 g/mol. The molecule has 9 nitrogen and oxygen atoms in total. The summed E-state index contributed by atoms with van der Waals surface area (Å²) >= 11 is 4.40. The number of aldehydes is 1. The Balaban J connectivity index is 0.000000765. The van der Waals surface area contributed by atoms with Gasteiger partial charge in [0, 0.05) is 7.05 Å². The lowest BCUT2D eigenvalue weighted by atomic mass is 10.1. The second kappa shape index (κ2) is 11.5. The lowest BCUT2D eigenvalue weighted by Gasteiger charge is -2.17. The number of carbonyl (C=O) groups is 1. The van der Waals surface area contributed by atoms with E-state index in [0.717, 1.165) is 0 Å². The van der Waals surface area contributed by atoms with E-state index in [9.17, 15) is 4.79 Å². The van der Waals surface area contributed by atoms with Crippen LogP contribution in [0.15, 0.2) is 11.2 Å². The number of nitrogens with one attached hydrogen (secondary N) is 1. The van der Waals surface area contributed by atoms with Crippen LogP contribution in [0.3, 0.4) is 0 Å². The molecule has 1 aliphatic heterocycles. The second-order valence-electron chi connectivity index (χ2n) is 5.62. The van der Waals surface area contributed by atoms with Crippen molar-refractivity contribution in [3.63, 3.8) is 0 Å². The molecule has 1 aromatic heterocycles. The molecule has 1 fully saturated rings. The molecule has 3 N–H and O–H groups in total. The van der Waals surface area contributed by atoms with Crippen LogP contribution in [0.1, 0.15) is 61.9 Å². The predicted octanol–water partition coefficient (Wildman–Crippen LogP) is 2.15. The number of hydrogen-bond donors (Lipinski definition) is 3. The lowest BCUT2D eigenvalue weighted by molar-refractivity contribution is 0.0115. The number of unbranched alkanes of at least 4 members (excludes halogenated alkanes) is 1. The topological polar surface area (TPSA) is 118 Å². The standard InChI is InChI=1S/C11H17N4O5PS.C4H10/c1-12-7-14-15-9(4-13-11(15)5-16)10-3-2-8(20-10)6-19-21(17,18)22;1-3-4-2/h4-5,7-8,10H,2-3,6H2,1H3,(H,12,14)(H2,17,18,22);3-4H2,1-2H3. The van der Waals surface area contributed by atoms with Crippen LogP contribution in [0.4, 0.5) is 0 Å². The van der Waals surface area contributed by atoms with Crippen LogP contribution in [0.25, 0.3) is 0 Å². The van der Waals surface area contributed by atoms with Crippen molar-refractivity contribution in [1.29, 1.82) is 0 Å². The number of hydrogen-bond acceptors (Lipinski definition) is 6. The Labute approximate surface area is 158 Å². The van der Waals surface area contributed by atoms with Gasteiger partial charge in [-0.1, -0.05) is 26.7 Å². The fraction of sp³-hybridized carbons (Fsp3) is 0.667. The van der Waals surface area contributed by atoms with Gasteiger partial charge in [-0.2, -0.15) is 0 Å². The third-order valence-electron chi connectivity index (χ3n) is 3.60. The van der Waals surface area contributed by atoms with Crippen LogP contribution in [-0.2, 0) is 21.1 Å². The van der Waals surface area contributed by atoms with Crippen molar-refractivity contribution in [3.8, 4) is 0 Å². The Bertz CT molecular complexity index is 632. The Morgan fingerprint density at radius 3 is 2.73 bits per heavy atom. The molecule has 0 aromatic carbocycles. The minimum absolute atomic E-state index is 0.0132. The van der Waals surface area contributed by atoms with Gasteiger partial charge in [-0.3, -0.25) is 15.2 Å². The number of ether oxygens (including phenoxy) is 1. The van der Waals surface area contributed by atoms with Gasteiger partial charge in [-0.25, -0.2) is 9.66 Å². The molecule has 2 rings (SSSR count). The van der Waals surface area contributed by atoms with Gasteiger partial charge in [0.2, 0.25) is 0 Å². The molecule has 2 heterocycles. The Hall–Kier alpha value is -1.16. The molecule has 0 aliphatic carbocycles. The van der Waals surface area contributed by atoms with Crippen molar-refractivity contribution < 1.29 is 23.8 Å². The van der Waals surface area contributed by atoms with Gasteiger partial charge in [0.25, 0.3) is 0 Å². The first kappa shape index (κ1) is 22.9. The maximum absolute atomic E-state index is 11.0. The van der Waals surface area contributed by atoms with Crippen molar-refractivity contribution in [2.75, 3.05) is 19.1 Å². The number of imidazole rings is 1. The van der Waals surface area contributed by atoms with Crippen LogP contribution in [0, 0.1) is 0 Å². The van der Waals surface area contributed by atoms with Gasteiger partial charge in [0.05, 0.1) is 24.6 Å². The number of aromatic nitrogens is 2. The van der Waals surface area contributed by atoms with E-state index in [1.165, 1.54) is 23.9 Å². The van der Waals surface area contributed by atoms with Crippen molar-refractivity contribution in [2.45, 2.75) is 51.7 Å². The number of carbonyl (C=O) groups excluding carboxylic acids is 1. The maximum atomic E-state index is 11.0. The first-order chi connectivity index (χ1) is 12.4. The zero-order valence-corrected chi connectivity index (χ0v) is 16.9. The van der Waals surface area contributed by atoms with Crippen molar-refractivity contribution >= 4 is 31.2 Å². The molecule has 2 unspecified atom stereocenters. The van der Waals surface area contributed by atoms with Crippen LogP contribution in [0.2, 0.25) is 0 Å². The maximum Gasteiger partial charge on any atom is 0.321 e. The predicted molar refractivity (Wildman–Crippen MR) is 103 cm³/mol. The van der Waals surface area contributed by atoms with E-state index in [-0.39, 0.29) is 24.6 Å². The summed E-state index contributed by atoms with van der Waals surface area (Å²) in [5, 5.41) is 0. The third kappa shape index (κ3) is 7.61. The summed E-state index contributed by atoms with van der Waals surface area (Å²) in [7, 11) is 1.59. The van der Waals surface area contributed by atoms with Gasteiger partial charge in [-0.05, 0) is 24.6 Å². The summed E-state index contributed by atoms with van der Waals surface area (Å²) in [5.41, 5.74) is 3.52. The first-order valence-electron chi connectivity index (χ1n) is 8.41. The Morgan fingerprint density at radius 1 is 1.50 bits per heavy atom. The van der Waals surface area contributed by atoms with E-state index < -0.39 is 6.72 Å². The average Bonchev–Trinajstić information content (AvgIpc) is 3.23. The number of nitrogens with zero attached hydrogens (tertiary/aromatic N) is 3. The molecule has 1 aromatic rings. The molecule has 11 heteroatoms. The summed E-state index contributed by atoms with van der Waals surface area (Å²) < 4.78 is 12.1. The molecule has 0 spiro atoms. The van der Waals surface area contributed by atoms with E-state index in [0.29, 0.717) is 24.8 Å². The highest BCUT2D eigenvalue weighted by Crippen LogP contribution is 2.39. The molecule has 1 saturated heterocycles. The Kier molecular flexibility index (Phi) is 10.1. The van der Waals surface area contributed by atoms with Crippen molar-refractivity contribution in [3.05, 3.63) is 17.7 Å². The average molecular weight is 406 g/mol. The minimum Gasteiger partial charge on any atom is -0.366 e. The molecule has 1 aliphatic rings. The first-order valence-corrected chi connectivity index (χ1v) is 11.0. The second-order valence-corrected chi connectivity index (χ2v) is 8.29. The van der Waals surface area contributed by atoms with Crippen LogP contribution < -0.4 is 5.43 Å². The normalized spacial score (nSPS) is 20.0. The van der Waals surface area contributed by atoms with E-state index in [1.807, 2.05) is 0 Å². The van der Waals surface area contributed by atoms with Gasteiger partial charge in [-0.15, -0.1) is 0 Å². The molecule has 2 atom stereocenters. The fourth-order valence-electron chi connectivity index (χ4n) is 2.17. The van der Waals surface area contributed by atoms with Crippen LogP contribution >= 0.6 is 6.72 Å². The highest BCUT2D eigenvalue weighted by atomic mass is 32.5. The number of aliphatic imine (C=N–C) groups is 1. The zero-order chi connectivity index (χ0) is 19.6. The molecule has 26 heavy (non-hydrogen) atoms. The fourth-order valence-corrected chi connectivity index (χ4v) is 2.72. The van der Waals surface area contributed by atoms with Crippen LogP contribution in [0.5, 0.6) is 0 Å². The van der Waals surface area contributed by atoms with Crippen LogP contribution in [-0.4, -0.2) is 51.8 Å². The van der Waals surface area contributed by atoms with Gasteiger partial charge in [0.15, 0.2) is 12.1 Å². The van der Waals surface area contributed by atoms with Crippen molar-refractivity contribution in [1.82, 2.24) is 9.66 Å². The molecule has 148 valence electrons. The molecule has 0 radical (unpaired) electrons.